The van der Waals surface area contributed by atoms with E-state index in [1.165, 1.54) is 11.3 Å². The lowest BCUT2D eigenvalue weighted by atomic mass is 10.1. The highest BCUT2D eigenvalue weighted by Gasteiger charge is 2.14. The van der Waals surface area contributed by atoms with E-state index >= 15 is 0 Å². The van der Waals surface area contributed by atoms with E-state index in [4.69, 9.17) is 4.74 Å². The molecule has 94 valence electrons. The van der Waals surface area contributed by atoms with Crippen LogP contribution in [0.4, 0.5) is 0 Å². The number of thiophene rings is 1. The highest BCUT2D eigenvalue weighted by atomic mass is 79.9. The molecule has 0 radical (unpaired) electrons. The Kier molecular flexibility index (Phi) is 4.59. The van der Waals surface area contributed by atoms with Crippen molar-refractivity contribution < 1.29 is 9.53 Å². The summed E-state index contributed by atoms with van der Waals surface area (Å²) in [5, 5.41) is 0. The van der Waals surface area contributed by atoms with Crippen LogP contribution in [0.2, 0.25) is 0 Å². The molecule has 0 spiro atoms. The molecule has 0 unspecified atom stereocenters. The summed E-state index contributed by atoms with van der Waals surface area (Å²) >= 11 is 8.19. The maximum absolute atomic E-state index is 12.2. The van der Waals surface area contributed by atoms with Crippen molar-refractivity contribution in [2.75, 3.05) is 6.61 Å². The van der Waals surface area contributed by atoms with Gasteiger partial charge in [0.1, 0.15) is 5.75 Å². The summed E-state index contributed by atoms with van der Waals surface area (Å²) < 4.78 is 7.18. The van der Waals surface area contributed by atoms with Gasteiger partial charge in [-0.1, -0.05) is 0 Å². The zero-order chi connectivity index (χ0) is 13.1. The summed E-state index contributed by atoms with van der Waals surface area (Å²) in [7, 11) is 0. The van der Waals surface area contributed by atoms with Gasteiger partial charge in [0, 0.05) is 10.0 Å². The molecule has 1 aromatic carbocycles. The normalized spacial score (nSPS) is 10.4. The van der Waals surface area contributed by atoms with E-state index in [1.54, 1.807) is 12.1 Å². The molecule has 2 aromatic rings. The molecule has 0 aliphatic rings. The first-order chi connectivity index (χ1) is 8.61. The Hall–Kier alpha value is -0.650. The standard InChI is InChI=1S/C13H10Br2O2S/c1-2-17-9-5-3-8(4-6-9)12(16)11-7-10(14)13(15)18-11/h3-7H,2H2,1H3. The largest absolute Gasteiger partial charge is 0.494 e. The van der Waals surface area contributed by atoms with Crippen LogP contribution in [0, 0.1) is 0 Å². The molecule has 2 rings (SSSR count). The number of hydrogen-bond acceptors (Lipinski definition) is 3. The molecule has 0 saturated carbocycles. The Labute approximate surface area is 126 Å². The van der Waals surface area contributed by atoms with Crippen LogP contribution < -0.4 is 4.74 Å². The molecular weight excluding hydrogens is 380 g/mol. The molecule has 0 fully saturated rings. The van der Waals surface area contributed by atoms with Crippen LogP contribution in [-0.4, -0.2) is 12.4 Å². The number of ether oxygens (including phenoxy) is 1. The molecule has 0 N–H and O–H groups in total. The lowest BCUT2D eigenvalue weighted by Gasteiger charge is -2.03. The van der Waals surface area contributed by atoms with Crippen molar-refractivity contribution in [3.8, 4) is 5.75 Å². The maximum Gasteiger partial charge on any atom is 0.203 e. The van der Waals surface area contributed by atoms with E-state index in [9.17, 15) is 4.79 Å². The summed E-state index contributed by atoms with van der Waals surface area (Å²) in [5.74, 6) is 0.803. The molecular formula is C13H10Br2O2S. The minimum atomic E-state index is 0.0226. The van der Waals surface area contributed by atoms with Gasteiger partial charge in [0.15, 0.2) is 0 Å². The smallest absolute Gasteiger partial charge is 0.203 e. The second-order valence-corrected chi connectivity index (χ2v) is 6.74. The molecule has 0 aliphatic heterocycles. The lowest BCUT2D eigenvalue weighted by Crippen LogP contribution is -1.98. The highest BCUT2D eigenvalue weighted by Crippen LogP contribution is 2.33. The van der Waals surface area contributed by atoms with Crippen molar-refractivity contribution in [3.63, 3.8) is 0 Å². The fourth-order valence-electron chi connectivity index (χ4n) is 1.47. The van der Waals surface area contributed by atoms with E-state index in [-0.39, 0.29) is 5.78 Å². The summed E-state index contributed by atoms with van der Waals surface area (Å²) in [6.07, 6.45) is 0. The highest BCUT2D eigenvalue weighted by molar-refractivity contribution is 9.13. The van der Waals surface area contributed by atoms with Gasteiger partial charge in [0.2, 0.25) is 5.78 Å². The van der Waals surface area contributed by atoms with E-state index in [2.05, 4.69) is 31.9 Å². The minimum Gasteiger partial charge on any atom is -0.494 e. The lowest BCUT2D eigenvalue weighted by molar-refractivity contribution is 0.104. The molecule has 0 amide bonds. The topological polar surface area (TPSA) is 26.3 Å². The van der Waals surface area contributed by atoms with Gasteiger partial charge in [0.05, 0.1) is 15.3 Å². The first kappa shape index (κ1) is 13.8. The summed E-state index contributed by atoms with van der Waals surface area (Å²) in [4.78, 5) is 12.9. The van der Waals surface area contributed by atoms with Crippen molar-refractivity contribution in [3.05, 3.63) is 49.0 Å². The van der Waals surface area contributed by atoms with Crippen LogP contribution in [-0.2, 0) is 0 Å². The third kappa shape index (κ3) is 3.02. The molecule has 18 heavy (non-hydrogen) atoms. The molecule has 1 heterocycles. The molecule has 1 aromatic heterocycles. The second-order valence-electron chi connectivity index (χ2n) is 3.52. The number of carbonyl (C=O) groups is 1. The monoisotopic (exact) mass is 388 g/mol. The summed E-state index contributed by atoms with van der Waals surface area (Å²) in [5.41, 5.74) is 0.666. The SMILES string of the molecule is CCOc1ccc(C(=O)c2cc(Br)c(Br)s2)cc1. The van der Waals surface area contributed by atoms with Gasteiger partial charge in [-0.05, 0) is 69.1 Å². The fourth-order valence-corrected chi connectivity index (χ4v) is 3.47. The van der Waals surface area contributed by atoms with Crippen LogP contribution in [0.15, 0.2) is 38.6 Å². The average molecular weight is 390 g/mol. The van der Waals surface area contributed by atoms with Crippen LogP contribution in [0.3, 0.4) is 0 Å². The minimum absolute atomic E-state index is 0.0226. The molecule has 0 atom stereocenters. The predicted molar refractivity (Wildman–Crippen MR) is 80.8 cm³/mol. The van der Waals surface area contributed by atoms with E-state index in [0.717, 1.165) is 14.0 Å². The quantitative estimate of drug-likeness (QED) is 0.695. The molecule has 5 heteroatoms. The Balaban J connectivity index is 2.23. The van der Waals surface area contributed by atoms with Crippen LogP contribution in [0.5, 0.6) is 5.75 Å². The van der Waals surface area contributed by atoms with Crippen molar-refractivity contribution in [1.82, 2.24) is 0 Å². The van der Waals surface area contributed by atoms with E-state index in [0.29, 0.717) is 17.0 Å². The van der Waals surface area contributed by atoms with Crippen molar-refractivity contribution in [2.45, 2.75) is 6.92 Å². The van der Waals surface area contributed by atoms with Gasteiger partial charge in [-0.25, -0.2) is 0 Å². The van der Waals surface area contributed by atoms with Crippen LogP contribution >= 0.6 is 43.2 Å². The molecule has 0 bridgehead atoms. The first-order valence-corrected chi connectivity index (χ1v) is 7.74. The number of ketones is 1. The molecule has 2 nitrogen and oxygen atoms in total. The van der Waals surface area contributed by atoms with Crippen molar-refractivity contribution in [1.29, 1.82) is 0 Å². The number of rotatable bonds is 4. The maximum atomic E-state index is 12.2. The second kappa shape index (κ2) is 5.99. The Morgan fingerprint density at radius 1 is 1.28 bits per heavy atom. The Morgan fingerprint density at radius 2 is 1.94 bits per heavy atom. The van der Waals surface area contributed by atoms with Crippen LogP contribution in [0.1, 0.15) is 22.2 Å². The fraction of sp³-hybridized carbons (Fsp3) is 0.154. The van der Waals surface area contributed by atoms with Gasteiger partial charge >= 0.3 is 0 Å². The van der Waals surface area contributed by atoms with Gasteiger partial charge in [0.25, 0.3) is 0 Å². The third-order valence-corrected chi connectivity index (χ3v) is 5.55. The summed E-state index contributed by atoms with van der Waals surface area (Å²) in [6, 6.07) is 9.03. The Morgan fingerprint density at radius 3 is 2.44 bits per heavy atom. The number of halogens is 2. The molecule has 0 saturated heterocycles. The number of hydrogen-bond donors (Lipinski definition) is 0. The zero-order valence-electron chi connectivity index (χ0n) is 9.57. The third-order valence-electron chi connectivity index (χ3n) is 2.30. The van der Waals surface area contributed by atoms with Gasteiger partial charge < -0.3 is 4.74 Å². The van der Waals surface area contributed by atoms with Gasteiger partial charge in [-0.3, -0.25) is 4.79 Å². The van der Waals surface area contributed by atoms with Gasteiger partial charge in [-0.2, -0.15) is 0 Å². The number of benzene rings is 1. The van der Waals surface area contributed by atoms with Gasteiger partial charge in [-0.15, -0.1) is 11.3 Å². The van der Waals surface area contributed by atoms with E-state index in [1.807, 2.05) is 25.1 Å². The number of carbonyl (C=O) groups excluding carboxylic acids is 1. The Bertz CT molecular complexity index is 541. The summed E-state index contributed by atoms with van der Waals surface area (Å²) in [6.45, 7) is 2.55. The van der Waals surface area contributed by atoms with E-state index < -0.39 is 0 Å². The van der Waals surface area contributed by atoms with Crippen LogP contribution in [0.25, 0.3) is 0 Å². The average Bonchev–Trinajstić information content (AvgIpc) is 2.70. The first-order valence-electron chi connectivity index (χ1n) is 5.34. The van der Waals surface area contributed by atoms with Crippen molar-refractivity contribution in [2.24, 2.45) is 0 Å². The molecule has 0 aliphatic carbocycles. The van der Waals surface area contributed by atoms with Crippen molar-refractivity contribution >= 4 is 49.0 Å². The zero-order valence-corrected chi connectivity index (χ0v) is 13.6. The predicted octanol–water partition coefficient (Wildman–Crippen LogP) is 4.90.